The molecule has 0 amide bonds. The minimum atomic E-state index is -0.674. The van der Waals surface area contributed by atoms with Crippen molar-refractivity contribution in [3.8, 4) is 0 Å². The zero-order valence-corrected chi connectivity index (χ0v) is 14.9. The zero-order valence-electron chi connectivity index (χ0n) is 14.9. The highest BCUT2D eigenvalue weighted by Gasteiger charge is 2.69. The second-order valence-electron chi connectivity index (χ2n) is 7.71. The number of benzene rings is 2. The molecule has 4 unspecified atom stereocenters. The summed E-state index contributed by atoms with van der Waals surface area (Å²) < 4.78 is 0. The van der Waals surface area contributed by atoms with Gasteiger partial charge in [-0.3, -0.25) is 9.59 Å². The van der Waals surface area contributed by atoms with E-state index in [1.54, 1.807) is 0 Å². The Kier molecular flexibility index (Phi) is 3.06. The smallest absolute Gasteiger partial charge is 0.168 e. The van der Waals surface area contributed by atoms with Crippen LogP contribution in [-0.2, 0) is 15.0 Å². The predicted molar refractivity (Wildman–Crippen MR) is 101 cm³/mol. The summed E-state index contributed by atoms with van der Waals surface area (Å²) in [6.07, 6.45) is 2.05. The molecule has 2 heteroatoms. The summed E-state index contributed by atoms with van der Waals surface area (Å²) in [6.45, 7) is 4.11. The van der Waals surface area contributed by atoms with Gasteiger partial charge in [0.15, 0.2) is 11.6 Å². The van der Waals surface area contributed by atoms with Gasteiger partial charge < -0.3 is 0 Å². The highest BCUT2D eigenvalue weighted by molar-refractivity contribution is 6.28. The standard InChI is InChI=1S/C24H20O2/c1-14-13-18-20-21(24(14,23(18)26)17-11-7-4-8-12-17)15(2)19(22(20)25)16-9-5-3-6-10-16/h3-13,18,20-21H,1-2H3. The number of hydrogen-bond donors (Lipinski definition) is 0. The summed E-state index contributed by atoms with van der Waals surface area (Å²) in [5, 5.41) is 0. The summed E-state index contributed by atoms with van der Waals surface area (Å²) in [4.78, 5) is 26.8. The fraction of sp³-hybridized carbons (Fsp3) is 0.250. The monoisotopic (exact) mass is 340 g/mol. The molecule has 4 atom stereocenters. The predicted octanol–water partition coefficient (Wildman–Crippen LogP) is 4.37. The fourth-order valence-electron chi connectivity index (χ4n) is 5.73. The Labute approximate surface area is 153 Å². The lowest BCUT2D eigenvalue weighted by Gasteiger charge is -2.36. The van der Waals surface area contributed by atoms with Gasteiger partial charge in [0, 0.05) is 23.3 Å². The summed E-state index contributed by atoms with van der Waals surface area (Å²) in [5.74, 6) is -0.254. The van der Waals surface area contributed by atoms with Gasteiger partial charge >= 0.3 is 0 Å². The molecular formula is C24H20O2. The van der Waals surface area contributed by atoms with Gasteiger partial charge in [-0.25, -0.2) is 0 Å². The van der Waals surface area contributed by atoms with Gasteiger partial charge in [-0.05, 0) is 25.0 Å². The van der Waals surface area contributed by atoms with Crippen LogP contribution in [0.3, 0.4) is 0 Å². The van der Waals surface area contributed by atoms with Crippen LogP contribution in [0.4, 0.5) is 0 Å². The van der Waals surface area contributed by atoms with E-state index in [1.165, 1.54) is 0 Å². The summed E-state index contributed by atoms with van der Waals surface area (Å²) >= 11 is 0. The second-order valence-corrected chi connectivity index (χ2v) is 7.71. The first-order valence-corrected chi connectivity index (χ1v) is 9.17. The van der Waals surface area contributed by atoms with E-state index in [1.807, 2.05) is 60.7 Å². The fourth-order valence-corrected chi connectivity index (χ4v) is 5.73. The third kappa shape index (κ3) is 1.63. The Morgan fingerprint density at radius 2 is 1.46 bits per heavy atom. The maximum atomic E-state index is 13.4. The summed E-state index contributed by atoms with van der Waals surface area (Å²) in [7, 11) is 0. The van der Waals surface area contributed by atoms with Crippen LogP contribution >= 0.6 is 0 Å². The van der Waals surface area contributed by atoms with Crippen molar-refractivity contribution in [3.63, 3.8) is 0 Å². The number of carbonyl (C=O) groups is 2. The van der Waals surface area contributed by atoms with Crippen molar-refractivity contribution in [3.05, 3.63) is 89.0 Å². The van der Waals surface area contributed by atoms with Crippen LogP contribution in [0.25, 0.3) is 5.57 Å². The third-order valence-corrected chi connectivity index (χ3v) is 6.66. The first-order chi connectivity index (χ1) is 12.6. The van der Waals surface area contributed by atoms with Gasteiger partial charge in [0.2, 0.25) is 0 Å². The van der Waals surface area contributed by atoms with Gasteiger partial charge in [-0.2, -0.15) is 0 Å². The maximum absolute atomic E-state index is 13.4. The van der Waals surface area contributed by atoms with E-state index in [9.17, 15) is 9.59 Å². The van der Waals surface area contributed by atoms with Crippen molar-refractivity contribution in [2.75, 3.05) is 0 Å². The number of carbonyl (C=O) groups excluding carboxylic acids is 2. The molecule has 0 aromatic heterocycles. The van der Waals surface area contributed by atoms with Gasteiger partial charge in [0.05, 0.1) is 5.41 Å². The Morgan fingerprint density at radius 1 is 0.846 bits per heavy atom. The van der Waals surface area contributed by atoms with Gasteiger partial charge in [0.1, 0.15) is 0 Å². The molecule has 1 fully saturated rings. The van der Waals surface area contributed by atoms with Gasteiger partial charge in [-0.1, -0.05) is 77.9 Å². The molecule has 2 aromatic carbocycles. The molecule has 3 aliphatic rings. The molecule has 1 saturated carbocycles. The highest BCUT2D eigenvalue weighted by atomic mass is 16.1. The van der Waals surface area contributed by atoms with Gasteiger partial charge in [-0.15, -0.1) is 0 Å². The van der Waals surface area contributed by atoms with Crippen LogP contribution < -0.4 is 0 Å². The second kappa shape index (κ2) is 5.14. The van der Waals surface area contributed by atoms with E-state index >= 15 is 0 Å². The molecule has 0 heterocycles. The molecule has 5 rings (SSSR count). The number of fused-ring (bicyclic) bond motifs is 5. The van der Waals surface area contributed by atoms with Gasteiger partial charge in [0.25, 0.3) is 0 Å². The molecule has 0 saturated heterocycles. The molecular weight excluding hydrogens is 320 g/mol. The topological polar surface area (TPSA) is 34.1 Å². The number of allylic oxidation sites excluding steroid dienone is 4. The van der Waals surface area contributed by atoms with E-state index < -0.39 is 5.41 Å². The summed E-state index contributed by atoms with van der Waals surface area (Å²) in [5.41, 5.74) is 4.31. The third-order valence-electron chi connectivity index (χ3n) is 6.66. The number of Topliss-reactive ketones (excluding diaryl/α,β-unsaturated/α-hetero) is 2. The molecule has 0 aliphatic heterocycles. The molecule has 0 spiro atoms. The first kappa shape index (κ1) is 15.5. The molecule has 0 radical (unpaired) electrons. The SMILES string of the molecule is CC1=CC2C(=O)C1(c1ccccc1)C1C(C)=C(c3ccccc3)C(=O)C21. The molecule has 2 nitrogen and oxygen atoms in total. The van der Waals surface area contributed by atoms with Crippen molar-refractivity contribution < 1.29 is 9.59 Å². The normalized spacial score (nSPS) is 32.2. The minimum absolute atomic E-state index is 0.0601. The lowest BCUT2D eigenvalue weighted by atomic mass is 9.64. The molecule has 2 aromatic rings. The molecule has 3 aliphatic carbocycles. The van der Waals surface area contributed by atoms with E-state index in [0.717, 1.165) is 27.8 Å². The molecule has 26 heavy (non-hydrogen) atoms. The van der Waals surface area contributed by atoms with Crippen LogP contribution in [0.5, 0.6) is 0 Å². The van der Waals surface area contributed by atoms with Crippen molar-refractivity contribution in [1.82, 2.24) is 0 Å². The minimum Gasteiger partial charge on any atom is -0.298 e. The lowest BCUT2D eigenvalue weighted by Crippen LogP contribution is -2.38. The summed E-state index contributed by atoms with van der Waals surface area (Å²) in [6, 6.07) is 19.9. The van der Waals surface area contributed by atoms with E-state index in [4.69, 9.17) is 0 Å². The van der Waals surface area contributed by atoms with Crippen molar-refractivity contribution >= 4 is 17.1 Å². The first-order valence-electron chi connectivity index (χ1n) is 9.17. The largest absolute Gasteiger partial charge is 0.298 e. The average Bonchev–Trinajstić information content (AvgIpc) is 3.18. The molecule has 0 N–H and O–H groups in total. The number of ketones is 2. The number of hydrogen-bond acceptors (Lipinski definition) is 2. The van der Waals surface area contributed by atoms with Crippen LogP contribution in [-0.4, -0.2) is 11.6 Å². The van der Waals surface area contributed by atoms with E-state index in [-0.39, 0.29) is 29.3 Å². The Balaban J connectivity index is 1.77. The quantitative estimate of drug-likeness (QED) is 0.761. The zero-order chi connectivity index (χ0) is 18.1. The van der Waals surface area contributed by atoms with Crippen molar-refractivity contribution in [2.45, 2.75) is 19.3 Å². The maximum Gasteiger partial charge on any atom is 0.168 e. The van der Waals surface area contributed by atoms with E-state index in [2.05, 4.69) is 19.9 Å². The average molecular weight is 340 g/mol. The van der Waals surface area contributed by atoms with Crippen LogP contribution in [0.15, 0.2) is 77.9 Å². The van der Waals surface area contributed by atoms with Crippen molar-refractivity contribution in [1.29, 1.82) is 0 Å². The van der Waals surface area contributed by atoms with Crippen LogP contribution in [0, 0.1) is 17.8 Å². The Morgan fingerprint density at radius 3 is 2.12 bits per heavy atom. The molecule has 2 bridgehead atoms. The van der Waals surface area contributed by atoms with Crippen LogP contribution in [0.2, 0.25) is 0 Å². The lowest BCUT2D eigenvalue weighted by molar-refractivity contribution is -0.124. The highest BCUT2D eigenvalue weighted by Crippen LogP contribution is 2.64. The Hall–Kier alpha value is -2.74. The van der Waals surface area contributed by atoms with Crippen LogP contribution in [0.1, 0.15) is 25.0 Å². The van der Waals surface area contributed by atoms with Crippen molar-refractivity contribution in [2.24, 2.45) is 17.8 Å². The molecule has 128 valence electrons. The Bertz CT molecular complexity index is 997. The van der Waals surface area contributed by atoms with E-state index in [0.29, 0.717) is 0 Å². The number of rotatable bonds is 2.